The second-order valence-corrected chi connectivity index (χ2v) is 5.63. The van der Waals surface area contributed by atoms with Crippen molar-refractivity contribution in [2.24, 2.45) is 13.0 Å². The highest BCUT2D eigenvalue weighted by molar-refractivity contribution is 5.93. The molecule has 120 valence electrons. The van der Waals surface area contributed by atoms with Crippen LogP contribution in [0.5, 0.6) is 0 Å². The van der Waals surface area contributed by atoms with Crippen molar-refractivity contribution in [1.29, 1.82) is 0 Å². The first kappa shape index (κ1) is 15.1. The van der Waals surface area contributed by atoms with E-state index in [1.807, 2.05) is 36.5 Å². The number of carbonyl (C=O) groups is 2. The molecule has 0 saturated carbocycles. The Labute approximate surface area is 133 Å². The highest BCUT2D eigenvalue weighted by Gasteiger charge is 2.31. The molecule has 1 aromatic heterocycles. The number of anilines is 1. The number of likely N-dealkylation sites (tertiary alicyclic amines) is 1. The fourth-order valence-electron chi connectivity index (χ4n) is 2.74. The van der Waals surface area contributed by atoms with Gasteiger partial charge in [-0.15, -0.1) is 0 Å². The molecule has 3 rings (SSSR count). The topological polar surface area (TPSA) is 87.5 Å². The minimum atomic E-state index is -0.858. The summed E-state index contributed by atoms with van der Waals surface area (Å²) in [6.07, 6.45) is 2.32. The molecule has 1 aliphatic rings. The van der Waals surface area contributed by atoms with E-state index >= 15 is 0 Å². The van der Waals surface area contributed by atoms with Crippen molar-refractivity contribution in [3.63, 3.8) is 0 Å². The molecule has 0 spiro atoms. The Morgan fingerprint density at radius 2 is 2.04 bits per heavy atom. The van der Waals surface area contributed by atoms with Gasteiger partial charge in [-0.2, -0.15) is 5.10 Å². The Hall–Kier alpha value is -2.83. The first-order valence-electron chi connectivity index (χ1n) is 7.42. The third-order valence-corrected chi connectivity index (χ3v) is 3.96. The fraction of sp³-hybridized carbons (Fsp3) is 0.312. The van der Waals surface area contributed by atoms with Crippen molar-refractivity contribution in [3.05, 3.63) is 36.5 Å². The van der Waals surface area contributed by atoms with Gasteiger partial charge in [0.15, 0.2) is 5.82 Å². The Morgan fingerprint density at radius 1 is 1.30 bits per heavy atom. The van der Waals surface area contributed by atoms with Gasteiger partial charge in [-0.25, -0.2) is 4.79 Å². The fourth-order valence-corrected chi connectivity index (χ4v) is 2.74. The molecule has 1 unspecified atom stereocenters. The number of hydrogen-bond donors (Lipinski definition) is 2. The molecule has 7 nitrogen and oxygen atoms in total. The van der Waals surface area contributed by atoms with E-state index in [1.54, 1.807) is 11.7 Å². The largest absolute Gasteiger partial charge is 0.481 e. The number of carbonyl (C=O) groups excluding carboxylic acids is 1. The lowest BCUT2D eigenvalue weighted by molar-refractivity contribution is -0.141. The maximum Gasteiger partial charge on any atom is 0.323 e. The number of hydrogen-bond acceptors (Lipinski definition) is 3. The molecule has 2 N–H and O–H groups in total. The van der Waals surface area contributed by atoms with Gasteiger partial charge >= 0.3 is 12.0 Å². The number of nitrogens with zero attached hydrogens (tertiary/aromatic N) is 3. The molecule has 2 aromatic rings. The number of amides is 2. The maximum absolute atomic E-state index is 12.3. The minimum Gasteiger partial charge on any atom is -0.481 e. The molecule has 2 amide bonds. The van der Waals surface area contributed by atoms with Crippen LogP contribution in [0.3, 0.4) is 0 Å². The molecule has 0 radical (unpaired) electrons. The molecule has 0 bridgehead atoms. The third kappa shape index (κ3) is 3.18. The Bertz CT molecular complexity index is 726. The number of urea groups is 1. The smallest absolute Gasteiger partial charge is 0.323 e. The van der Waals surface area contributed by atoms with E-state index in [-0.39, 0.29) is 12.6 Å². The van der Waals surface area contributed by atoms with Gasteiger partial charge in [0.2, 0.25) is 0 Å². The van der Waals surface area contributed by atoms with Crippen LogP contribution < -0.4 is 5.32 Å². The summed E-state index contributed by atoms with van der Waals surface area (Å²) in [4.78, 5) is 24.9. The SMILES string of the molecule is Cn1cc(-c2ccccc2)c(NC(=O)N2CCC(C(=O)O)C2)n1. The van der Waals surface area contributed by atoms with Crippen LogP contribution in [0.2, 0.25) is 0 Å². The van der Waals surface area contributed by atoms with Gasteiger partial charge in [0.05, 0.1) is 5.92 Å². The zero-order chi connectivity index (χ0) is 16.4. The van der Waals surface area contributed by atoms with Crippen molar-refractivity contribution in [1.82, 2.24) is 14.7 Å². The average molecular weight is 314 g/mol. The first-order chi connectivity index (χ1) is 11.0. The zero-order valence-electron chi connectivity index (χ0n) is 12.8. The first-order valence-corrected chi connectivity index (χ1v) is 7.42. The van der Waals surface area contributed by atoms with E-state index < -0.39 is 11.9 Å². The van der Waals surface area contributed by atoms with Gasteiger partial charge in [0.25, 0.3) is 0 Å². The van der Waals surface area contributed by atoms with Crippen molar-refractivity contribution in [3.8, 4) is 11.1 Å². The van der Waals surface area contributed by atoms with E-state index in [0.29, 0.717) is 18.8 Å². The van der Waals surface area contributed by atoms with E-state index in [4.69, 9.17) is 5.11 Å². The highest BCUT2D eigenvalue weighted by Crippen LogP contribution is 2.27. The van der Waals surface area contributed by atoms with Crippen LogP contribution in [0.15, 0.2) is 36.5 Å². The van der Waals surface area contributed by atoms with Crippen molar-refractivity contribution >= 4 is 17.8 Å². The Kier molecular flexibility index (Phi) is 4.01. The summed E-state index contributed by atoms with van der Waals surface area (Å²) >= 11 is 0. The lowest BCUT2D eigenvalue weighted by atomic mass is 10.1. The molecular weight excluding hydrogens is 296 g/mol. The summed E-state index contributed by atoms with van der Waals surface area (Å²) in [7, 11) is 1.79. The molecular formula is C16H18N4O3. The van der Waals surface area contributed by atoms with E-state index in [2.05, 4.69) is 10.4 Å². The van der Waals surface area contributed by atoms with Crippen LogP contribution in [-0.4, -0.2) is 44.9 Å². The van der Waals surface area contributed by atoms with E-state index in [0.717, 1.165) is 11.1 Å². The quantitative estimate of drug-likeness (QED) is 0.907. The van der Waals surface area contributed by atoms with Gasteiger partial charge in [-0.3, -0.25) is 14.8 Å². The van der Waals surface area contributed by atoms with E-state index in [9.17, 15) is 9.59 Å². The maximum atomic E-state index is 12.3. The number of nitrogens with one attached hydrogen (secondary N) is 1. The monoisotopic (exact) mass is 314 g/mol. The molecule has 1 aliphatic heterocycles. The molecule has 1 aromatic carbocycles. The van der Waals surface area contributed by atoms with Gasteiger partial charge in [0.1, 0.15) is 0 Å². The predicted molar refractivity (Wildman–Crippen MR) is 85.0 cm³/mol. The Morgan fingerprint density at radius 3 is 2.70 bits per heavy atom. The highest BCUT2D eigenvalue weighted by atomic mass is 16.4. The lowest BCUT2D eigenvalue weighted by Gasteiger charge is -2.16. The Balaban J connectivity index is 1.76. The molecule has 23 heavy (non-hydrogen) atoms. The van der Waals surface area contributed by atoms with Gasteiger partial charge in [-0.1, -0.05) is 30.3 Å². The van der Waals surface area contributed by atoms with Crippen LogP contribution >= 0.6 is 0 Å². The summed E-state index contributed by atoms with van der Waals surface area (Å²) in [5.41, 5.74) is 1.79. The average Bonchev–Trinajstić information content (AvgIpc) is 3.15. The number of carboxylic acids is 1. The second-order valence-electron chi connectivity index (χ2n) is 5.63. The van der Waals surface area contributed by atoms with Crippen molar-refractivity contribution in [2.45, 2.75) is 6.42 Å². The number of rotatable bonds is 3. The summed E-state index contributed by atoms with van der Waals surface area (Å²) in [6, 6.07) is 9.35. The number of aliphatic carboxylic acids is 1. The van der Waals surface area contributed by atoms with Crippen LogP contribution in [-0.2, 0) is 11.8 Å². The molecule has 7 heteroatoms. The van der Waals surface area contributed by atoms with Crippen molar-refractivity contribution < 1.29 is 14.7 Å². The standard InChI is InChI=1S/C16H18N4O3/c1-19-10-13(11-5-3-2-4-6-11)14(18-19)17-16(23)20-8-7-12(9-20)15(21)22/h2-6,10,12H,7-9H2,1H3,(H,21,22)(H,17,18,23). The minimum absolute atomic E-state index is 0.231. The molecule has 1 atom stereocenters. The lowest BCUT2D eigenvalue weighted by Crippen LogP contribution is -2.34. The number of benzene rings is 1. The zero-order valence-corrected chi connectivity index (χ0v) is 12.8. The molecule has 2 heterocycles. The van der Waals surface area contributed by atoms with Crippen LogP contribution in [0.4, 0.5) is 10.6 Å². The molecule has 0 aliphatic carbocycles. The molecule has 1 saturated heterocycles. The number of carboxylic acid groups (broad SMARTS) is 1. The second kappa shape index (κ2) is 6.12. The normalized spacial score (nSPS) is 17.3. The summed E-state index contributed by atoms with van der Waals surface area (Å²) in [5.74, 6) is -0.872. The number of aryl methyl sites for hydroxylation is 1. The summed E-state index contributed by atoms with van der Waals surface area (Å²) in [5, 5.41) is 16.1. The van der Waals surface area contributed by atoms with Gasteiger partial charge in [0, 0.05) is 31.9 Å². The van der Waals surface area contributed by atoms with Crippen molar-refractivity contribution in [2.75, 3.05) is 18.4 Å². The van der Waals surface area contributed by atoms with Gasteiger partial charge < -0.3 is 10.0 Å². The molecule has 1 fully saturated rings. The van der Waals surface area contributed by atoms with E-state index in [1.165, 1.54) is 4.90 Å². The summed E-state index contributed by atoms with van der Waals surface area (Å²) in [6.45, 7) is 0.672. The number of aromatic nitrogens is 2. The van der Waals surface area contributed by atoms with Crippen LogP contribution in [0, 0.1) is 5.92 Å². The third-order valence-electron chi connectivity index (χ3n) is 3.96. The van der Waals surface area contributed by atoms with Gasteiger partial charge in [-0.05, 0) is 12.0 Å². The predicted octanol–water partition coefficient (Wildman–Crippen LogP) is 2.03. The van der Waals surface area contributed by atoms with Crippen LogP contribution in [0.1, 0.15) is 6.42 Å². The van der Waals surface area contributed by atoms with Crippen LogP contribution in [0.25, 0.3) is 11.1 Å². The summed E-state index contributed by atoms with van der Waals surface area (Å²) < 4.78 is 1.64.